The molecule has 0 saturated carbocycles. The van der Waals surface area contributed by atoms with Gasteiger partial charge in [0.2, 0.25) is 0 Å². The molecule has 0 bridgehead atoms. The molecule has 1 N–H and O–H groups in total. The number of aryl methyl sites for hydroxylation is 2. The zero-order valence-corrected chi connectivity index (χ0v) is 16.8. The average Bonchev–Trinajstić information content (AvgIpc) is 2.92. The summed E-state index contributed by atoms with van der Waals surface area (Å²) in [7, 11) is 0. The molecule has 138 valence electrons. The van der Waals surface area contributed by atoms with Crippen molar-refractivity contribution < 1.29 is 4.79 Å². The van der Waals surface area contributed by atoms with Gasteiger partial charge in [0.15, 0.2) is 0 Å². The van der Waals surface area contributed by atoms with Gasteiger partial charge in [-0.3, -0.25) is 4.79 Å². The predicted molar refractivity (Wildman–Crippen MR) is 112 cm³/mol. The fourth-order valence-corrected chi connectivity index (χ4v) is 3.26. The van der Waals surface area contributed by atoms with E-state index in [4.69, 9.17) is 23.2 Å². The molecule has 0 fully saturated rings. The molecule has 6 heteroatoms. The van der Waals surface area contributed by atoms with Crippen molar-refractivity contribution in [1.82, 2.24) is 9.99 Å². The van der Waals surface area contributed by atoms with Gasteiger partial charge < -0.3 is 4.57 Å². The Morgan fingerprint density at radius 3 is 2.48 bits per heavy atom. The van der Waals surface area contributed by atoms with Gasteiger partial charge in [0, 0.05) is 22.5 Å². The zero-order valence-electron chi connectivity index (χ0n) is 15.3. The summed E-state index contributed by atoms with van der Waals surface area (Å²) in [6, 6.07) is 14.8. The second-order valence-corrected chi connectivity index (χ2v) is 7.09. The Morgan fingerprint density at radius 1 is 1.07 bits per heavy atom. The normalized spacial score (nSPS) is 11.1. The Hall–Kier alpha value is -2.56. The van der Waals surface area contributed by atoms with Gasteiger partial charge in [-0.1, -0.05) is 47.0 Å². The van der Waals surface area contributed by atoms with Crippen molar-refractivity contribution in [3.63, 3.8) is 0 Å². The largest absolute Gasteiger partial charge is 0.316 e. The van der Waals surface area contributed by atoms with E-state index in [0.29, 0.717) is 15.6 Å². The molecule has 3 aromatic rings. The first kappa shape index (κ1) is 19.2. The van der Waals surface area contributed by atoms with E-state index in [1.54, 1.807) is 24.4 Å². The Bertz CT molecular complexity index is 1020. The maximum Gasteiger partial charge on any atom is 0.271 e. The highest BCUT2D eigenvalue weighted by Crippen LogP contribution is 2.31. The van der Waals surface area contributed by atoms with E-state index in [2.05, 4.69) is 10.5 Å². The van der Waals surface area contributed by atoms with Crippen molar-refractivity contribution in [2.24, 2.45) is 5.10 Å². The summed E-state index contributed by atoms with van der Waals surface area (Å²) >= 11 is 12.5. The lowest BCUT2D eigenvalue weighted by molar-refractivity contribution is 0.0955. The Labute approximate surface area is 168 Å². The van der Waals surface area contributed by atoms with Crippen LogP contribution in [0.5, 0.6) is 0 Å². The fourth-order valence-electron chi connectivity index (χ4n) is 2.88. The van der Waals surface area contributed by atoms with Crippen molar-refractivity contribution in [2.45, 2.75) is 20.8 Å². The van der Waals surface area contributed by atoms with Gasteiger partial charge in [-0.2, -0.15) is 5.10 Å². The SMILES string of the molecule is Cc1ccc(C(=O)N/N=C\c2cc(C)n(-c3cccc(Cl)c3Cl)c2C)cc1. The lowest BCUT2D eigenvalue weighted by atomic mass is 10.1. The minimum Gasteiger partial charge on any atom is -0.316 e. The van der Waals surface area contributed by atoms with E-state index in [9.17, 15) is 4.79 Å². The number of carbonyl (C=O) groups is 1. The number of halogens is 2. The number of nitrogens with one attached hydrogen (secondary N) is 1. The number of carbonyl (C=O) groups excluding carboxylic acids is 1. The van der Waals surface area contributed by atoms with Crippen LogP contribution in [-0.2, 0) is 0 Å². The number of benzene rings is 2. The molecule has 4 nitrogen and oxygen atoms in total. The van der Waals surface area contributed by atoms with Gasteiger partial charge in [0.25, 0.3) is 5.91 Å². The molecule has 1 amide bonds. The van der Waals surface area contributed by atoms with Crippen molar-refractivity contribution in [3.8, 4) is 5.69 Å². The topological polar surface area (TPSA) is 46.4 Å². The predicted octanol–water partition coefficient (Wildman–Crippen LogP) is 5.47. The van der Waals surface area contributed by atoms with Crippen LogP contribution < -0.4 is 5.43 Å². The molecule has 0 aliphatic rings. The first-order valence-electron chi connectivity index (χ1n) is 8.42. The van der Waals surface area contributed by atoms with Crippen LogP contribution in [0.4, 0.5) is 0 Å². The monoisotopic (exact) mass is 399 g/mol. The number of amides is 1. The number of nitrogens with zero attached hydrogens (tertiary/aromatic N) is 2. The highest BCUT2D eigenvalue weighted by Gasteiger charge is 2.13. The third-order valence-corrected chi connectivity index (χ3v) is 5.13. The number of aromatic nitrogens is 1. The third kappa shape index (κ3) is 4.07. The van der Waals surface area contributed by atoms with Gasteiger partial charge in [-0.05, 0) is 51.1 Å². The quantitative estimate of drug-likeness (QED) is 0.458. The van der Waals surface area contributed by atoms with Crippen molar-refractivity contribution in [3.05, 3.63) is 86.7 Å². The molecule has 0 unspecified atom stereocenters. The van der Waals surface area contributed by atoms with Crippen molar-refractivity contribution in [1.29, 1.82) is 0 Å². The van der Waals surface area contributed by atoms with Crippen LogP contribution in [0.25, 0.3) is 5.69 Å². The molecular formula is C21H19Cl2N3O. The molecule has 2 aromatic carbocycles. The molecule has 0 atom stereocenters. The fraction of sp³-hybridized carbons (Fsp3) is 0.143. The summed E-state index contributed by atoms with van der Waals surface area (Å²) in [5.74, 6) is -0.252. The van der Waals surface area contributed by atoms with E-state index in [1.165, 1.54) is 0 Å². The lowest BCUT2D eigenvalue weighted by Gasteiger charge is -2.12. The number of hydrogen-bond donors (Lipinski definition) is 1. The maximum atomic E-state index is 12.1. The summed E-state index contributed by atoms with van der Waals surface area (Å²) < 4.78 is 2.01. The van der Waals surface area contributed by atoms with Gasteiger partial charge in [0.05, 0.1) is 21.9 Å². The second-order valence-electron chi connectivity index (χ2n) is 6.30. The first-order valence-corrected chi connectivity index (χ1v) is 9.17. The molecule has 0 spiro atoms. The van der Waals surface area contributed by atoms with Crippen LogP contribution in [-0.4, -0.2) is 16.7 Å². The molecule has 0 saturated heterocycles. The van der Waals surface area contributed by atoms with Crippen LogP contribution in [0.15, 0.2) is 53.6 Å². The molecule has 0 aliphatic carbocycles. The van der Waals surface area contributed by atoms with E-state index in [1.807, 2.05) is 55.7 Å². The summed E-state index contributed by atoms with van der Waals surface area (Å²) in [4.78, 5) is 12.1. The number of hydrogen-bond acceptors (Lipinski definition) is 2. The average molecular weight is 400 g/mol. The molecular weight excluding hydrogens is 381 g/mol. The molecule has 3 rings (SSSR count). The van der Waals surface area contributed by atoms with Gasteiger partial charge in [0.1, 0.15) is 0 Å². The standard InChI is InChI=1S/C21H19Cl2N3O/c1-13-7-9-16(10-8-13)21(27)25-24-12-17-11-14(2)26(15(17)3)19-6-4-5-18(22)20(19)23/h4-12H,1-3H3,(H,25,27)/b24-12-. The first-order chi connectivity index (χ1) is 12.9. The molecule has 1 heterocycles. The molecule has 0 radical (unpaired) electrons. The van der Waals surface area contributed by atoms with Crippen LogP contribution >= 0.6 is 23.2 Å². The Kier molecular flexibility index (Phi) is 5.68. The second kappa shape index (κ2) is 7.99. The van der Waals surface area contributed by atoms with Crippen LogP contribution in [0, 0.1) is 20.8 Å². The third-order valence-electron chi connectivity index (χ3n) is 4.33. The number of hydrazone groups is 1. The summed E-state index contributed by atoms with van der Waals surface area (Å²) in [5.41, 5.74) is 7.85. The Morgan fingerprint density at radius 2 is 1.78 bits per heavy atom. The molecule has 1 aromatic heterocycles. The van der Waals surface area contributed by atoms with Crippen LogP contribution in [0.1, 0.15) is 32.9 Å². The highest BCUT2D eigenvalue weighted by molar-refractivity contribution is 6.43. The molecule has 0 aliphatic heterocycles. The summed E-state index contributed by atoms with van der Waals surface area (Å²) in [6.45, 7) is 5.92. The highest BCUT2D eigenvalue weighted by atomic mass is 35.5. The maximum absolute atomic E-state index is 12.1. The summed E-state index contributed by atoms with van der Waals surface area (Å²) in [5, 5.41) is 5.09. The van der Waals surface area contributed by atoms with Crippen LogP contribution in [0.2, 0.25) is 10.0 Å². The van der Waals surface area contributed by atoms with E-state index in [-0.39, 0.29) is 5.91 Å². The van der Waals surface area contributed by atoms with E-state index >= 15 is 0 Å². The number of rotatable bonds is 4. The van der Waals surface area contributed by atoms with Gasteiger partial charge in [-0.15, -0.1) is 0 Å². The summed E-state index contributed by atoms with van der Waals surface area (Å²) in [6.07, 6.45) is 1.63. The molecule has 27 heavy (non-hydrogen) atoms. The zero-order chi connectivity index (χ0) is 19.6. The van der Waals surface area contributed by atoms with Gasteiger partial charge in [-0.25, -0.2) is 5.43 Å². The minimum atomic E-state index is -0.252. The van der Waals surface area contributed by atoms with E-state index < -0.39 is 0 Å². The van der Waals surface area contributed by atoms with Gasteiger partial charge >= 0.3 is 0 Å². The smallest absolute Gasteiger partial charge is 0.271 e. The van der Waals surface area contributed by atoms with E-state index in [0.717, 1.165) is 28.2 Å². The van der Waals surface area contributed by atoms with Crippen molar-refractivity contribution >= 4 is 35.3 Å². The Balaban J connectivity index is 1.82. The van der Waals surface area contributed by atoms with Crippen molar-refractivity contribution in [2.75, 3.05) is 0 Å². The minimum absolute atomic E-state index is 0.252. The van der Waals surface area contributed by atoms with Crippen LogP contribution in [0.3, 0.4) is 0 Å². The lowest BCUT2D eigenvalue weighted by Crippen LogP contribution is -2.17.